The number of carbonyl (C=O) groups excluding carboxylic acids is 1. The van der Waals surface area contributed by atoms with E-state index < -0.39 is 16.1 Å². The van der Waals surface area contributed by atoms with Gasteiger partial charge >= 0.3 is 0 Å². The van der Waals surface area contributed by atoms with Gasteiger partial charge in [-0.15, -0.1) is 0 Å². The Morgan fingerprint density at radius 1 is 1.29 bits per heavy atom. The molecule has 1 amide bonds. The zero-order valence-electron chi connectivity index (χ0n) is 15.2. The third-order valence-corrected chi connectivity index (χ3v) is 6.02. The topological polar surface area (TPSA) is 57.7 Å². The lowest BCUT2D eigenvalue weighted by atomic mass is 9.99. The van der Waals surface area contributed by atoms with Crippen molar-refractivity contribution in [3.05, 3.63) is 29.3 Å². The molecule has 2 rings (SSSR count). The summed E-state index contributed by atoms with van der Waals surface area (Å²) in [6.07, 6.45) is 3.25. The Labute approximate surface area is 145 Å². The highest BCUT2D eigenvalue weighted by Gasteiger charge is 2.33. The SMILES string of the molecule is Cc1ccc(N([C@@H](C)C(=O)N2CCC[C@H](C)C2)S(C)(=O)=O)cc1C. The Bertz CT molecular complexity index is 715. The van der Waals surface area contributed by atoms with E-state index in [1.807, 2.05) is 26.0 Å². The number of piperidine rings is 1. The first-order valence-corrected chi connectivity index (χ1v) is 10.3. The fourth-order valence-corrected chi connectivity index (χ4v) is 4.48. The molecule has 0 saturated carbocycles. The summed E-state index contributed by atoms with van der Waals surface area (Å²) >= 11 is 0. The normalized spacial score (nSPS) is 19.9. The fraction of sp³-hybridized carbons (Fsp3) is 0.611. The molecule has 24 heavy (non-hydrogen) atoms. The molecule has 0 aliphatic carbocycles. The number of hydrogen-bond donors (Lipinski definition) is 0. The van der Waals surface area contributed by atoms with Crippen molar-refractivity contribution in [2.75, 3.05) is 23.7 Å². The van der Waals surface area contributed by atoms with E-state index in [0.29, 0.717) is 24.7 Å². The number of aryl methyl sites for hydroxylation is 2. The molecule has 5 nitrogen and oxygen atoms in total. The van der Waals surface area contributed by atoms with Gasteiger partial charge in [0.15, 0.2) is 0 Å². The molecule has 0 spiro atoms. The van der Waals surface area contributed by atoms with Gasteiger partial charge in [-0.25, -0.2) is 8.42 Å². The Morgan fingerprint density at radius 2 is 1.96 bits per heavy atom. The maximum absolute atomic E-state index is 12.9. The highest BCUT2D eigenvalue weighted by atomic mass is 32.2. The molecule has 0 N–H and O–H groups in total. The predicted molar refractivity (Wildman–Crippen MR) is 97.7 cm³/mol. The minimum absolute atomic E-state index is 0.120. The van der Waals surface area contributed by atoms with Crippen molar-refractivity contribution < 1.29 is 13.2 Å². The van der Waals surface area contributed by atoms with Gasteiger partial charge < -0.3 is 4.90 Å². The third-order valence-electron chi connectivity index (χ3n) is 4.78. The molecule has 0 unspecified atom stereocenters. The van der Waals surface area contributed by atoms with Gasteiger partial charge in [-0.05, 0) is 62.8 Å². The van der Waals surface area contributed by atoms with E-state index >= 15 is 0 Å². The van der Waals surface area contributed by atoms with Crippen LogP contribution in [-0.4, -0.2) is 44.6 Å². The number of benzene rings is 1. The molecule has 0 bridgehead atoms. The summed E-state index contributed by atoms with van der Waals surface area (Å²) in [5.74, 6) is 0.341. The van der Waals surface area contributed by atoms with Crippen molar-refractivity contribution in [3.8, 4) is 0 Å². The zero-order chi connectivity index (χ0) is 18.1. The summed E-state index contributed by atoms with van der Waals surface area (Å²) in [5, 5.41) is 0. The monoisotopic (exact) mass is 352 g/mol. The van der Waals surface area contributed by atoms with E-state index in [1.54, 1.807) is 17.9 Å². The molecule has 0 aromatic heterocycles. The number of anilines is 1. The summed E-state index contributed by atoms with van der Waals surface area (Å²) < 4.78 is 26.0. The standard InChI is InChI=1S/C18H28N2O3S/c1-13-7-6-10-19(12-13)18(21)16(4)20(24(5,22)23)17-9-8-14(2)15(3)11-17/h8-9,11,13,16H,6-7,10,12H2,1-5H3/t13-,16-/m0/s1. The molecule has 0 radical (unpaired) electrons. The molecule has 2 atom stereocenters. The lowest BCUT2D eigenvalue weighted by Crippen LogP contribution is -2.51. The number of likely N-dealkylation sites (tertiary alicyclic amines) is 1. The van der Waals surface area contributed by atoms with Crippen LogP contribution in [0.1, 0.15) is 37.8 Å². The van der Waals surface area contributed by atoms with E-state index in [9.17, 15) is 13.2 Å². The van der Waals surface area contributed by atoms with Crippen LogP contribution >= 0.6 is 0 Å². The van der Waals surface area contributed by atoms with Crippen molar-refractivity contribution in [2.24, 2.45) is 5.92 Å². The molecule has 6 heteroatoms. The second-order valence-corrected chi connectivity index (χ2v) is 8.89. The second-order valence-electron chi connectivity index (χ2n) is 7.04. The minimum Gasteiger partial charge on any atom is -0.341 e. The van der Waals surface area contributed by atoms with Crippen LogP contribution in [0.4, 0.5) is 5.69 Å². The van der Waals surface area contributed by atoms with Gasteiger partial charge in [0.05, 0.1) is 11.9 Å². The summed E-state index contributed by atoms with van der Waals surface area (Å²) in [6.45, 7) is 9.14. The van der Waals surface area contributed by atoms with Gasteiger partial charge in [-0.1, -0.05) is 13.0 Å². The molecule has 1 heterocycles. The lowest BCUT2D eigenvalue weighted by molar-refractivity contribution is -0.133. The van der Waals surface area contributed by atoms with Crippen molar-refractivity contribution in [3.63, 3.8) is 0 Å². The number of hydrogen-bond acceptors (Lipinski definition) is 3. The van der Waals surface area contributed by atoms with E-state index in [2.05, 4.69) is 6.92 Å². The summed E-state index contributed by atoms with van der Waals surface area (Å²) in [4.78, 5) is 14.7. The van der Waals surface area contributed by atoms with Gasteiger partial charge in [0.25, 0.3) is 0 Å². The van der Waals surface area contributed by atoms with Gasteiger partial charge in [-0.2, -0.15) is 0 Å². The Kier molecular flexibility index (Phi) is 5.58. The van der Waals surface area contributed by atoms with Crippen LogP contribution in [0.15, 0.2) is 18.2 Å². The van der Waals surface area contributed by atoms with E-state index in [1.165, 1.54) is 4.31 Å². The Balaban J connectivity index is 2.33. The first-order valence-electron chi connectivity index (χ1n) is 8.46. The highest BCUT2D eigenvalue weighted by Crippen LogP contribution is 2.25. The third kappa shape index (κ3) is 4.09. The van der Waals surface area contributed by atoms with Crippen LogP contribution in [0, 0.1) is 19.8 Å². The van der Waals surface area contributed by atoms with Crippen molar-refractivity contribution in [1.82, 2.24) is 4.90 Å². The molecule has 1 fully saturated rings. The van der Waals surface area contributed by atoms with E-state index in [4.69, 9.17) is 0 Å². The average Bonchev–Trinajstić information content (AvgIpc) is 2.48. The molecule has 1 aromatic carbocycles. The highest BCUT2D eigenvalue weighted by molar-refractivity contribution is 7.92. The number of amides is 1. The van der Waals surface area contributed by atoms with E-state index in [0.717, 1.165) is 30.2 Å². The van der Waals surface area contributed by atoms with Gasteiger partial charge in [0.1, 0.15) is 6.04 Å². The van der Waals surface area contributed by atoms with Crippen LogP contribution in [0.3, 0.4) is 0 Å². The molecule has 1 aromatic rings. The maximum atomic E-state index is 12.9. The number of rotatable bonds is 4. The van der Waals surface area contributed by atoms with Crippen molar-refractivity contribution >= 4 is 21.6 Å². The number of nitrogens with zero attached hydrogens (tertiary/aromatic N) is 2. The van der Waals surface area contributed by atoms with Gasteiger partial charge in [0.2, 0.25) is 15.9 Å². The maximum Gasteiger partial charge on any atom is 0.246 e. The van der Waals surface area contributed by atoms with Crippen molar-refractivity contribution in [2.45, 2.75) is 46.6 Å². The smallest absolute Gasteiger partial charge is 0.246 e. The van der Waals surface area contributed by atoms with Crippen LogP contribution in [0.25, 0.3) is 0 Å². The average molecular weight is 353 g/mol. The first kappa shape index (κ1) is 18.8. The van der Waals surface area contributed by atoms with Gasteiger partial charge in [-0.3, -0.25) is 9.10 Å². The molecule has 1 aliphatic heterocycles. The van der Waals surface area contributed by atoms with Crippen LogP contribution < -0.4 is 4.31 Å². The molecule has 134 valence electrons. The second kappa shape index (κ2) is 7.13. The summed E-state index contributed by atoms with van der Waals surface area (Å²) in [5.41, 5.74) is 2.65. The molecule has 1 saturated heterocycles. The van der Waals surface area contributed by atoms with E-state index in [-0.39, 0.29) is 5.91 Å². The molecule has 1 aliphatic rings. The Hall–Kier alpha value is -1.56. The molecular formula is C18H28N2O3S. The molecular weight excluding hydrogens is 324 g/mol. The quantitative estimate of drug-likeness (QED) is 0.837. The zero-order valence-corrected chi connectivity index (χ0v) is 16.1. The minimum atomic E-state index is -3.56. The summed E-state index contributed by atoms with van der Waals surface area (Å²) in [7, 11) is -3.56. The lowest BCUT2D eigenvalue weighted by Gasteiger charge is -2.36. The van der Waals surface area contributed by atoms with Crippen molar-refractivity contribution in [1.29, 1.82) is 0 Å². The van der Waals surface area contributed by atoms with Gasteiger partial charge in [0, 0.05) is 13.1 Å². The Morgan fingerprint density at radius 3 is 2.50 bits per heavy atom. The van der Waals surface area contributed by atoms with Crippen LogP contribution in [0.2, 0.25) is 0 Å². The summed E-state index contributed by atoms with van der Waals surface area (Å²) in [6, 6.07) is 4.75. The van der Waals surface area contributed by atoms with Crippen LogP contribution in [-0.2, 0) is 14.8 Å². The number of sulfonamides is 1. The number of carbonyl (C=O) groups is 1. The largest absolute Gasteiger partial charge is 0.341 e. The van der Waals surface area contributed by atoms with Crippen LogP contribution in [0.5, 0.6) is 0 Å². The predicted octanol–water partition coefficient (Wildman–Crippen LogP) is 2.72. The fourth-order valence-electron chi connectivity index (χ4n) is 3.32. The first-order chi connectivity index (χ1) is 11.1.